The minimum Gasteiger partial charge on any atom is -0.354 e. The lowest BCUT2D eigenvalue weighted by atomic mass is 10.1. The molecule has 126 valence electrons. The fourth-order valence-corrected chi connectivity index (χ4v) is 3.11. The Labute approximate surface area is 145 Å². The Morgan fingerprint density at radius 3 is 2.72 bits per heavy atom. The van der Waals surface area contributed by atoms with E-state index in [0.717, 1.165) is 45.0 Å². The topological polar surface area (TPSA) is 86.2 Å². The van der Waals surface area contributed by atoms with Gasteiger partial charge in [0.2, 0.25) is 0 Å². The molecular weight excluding hydrogens is 316 g/mol. The molecule has 1 aliphatic heterocycles. The summed E-state index contributed by atoms with van der Waals surface area (Å²) in [5.74, 6) is 0.903. The first-order chi connectivity index (χ1) is 12.3. The first-order valence-corrected chi connectivity index (χ1v) is 8.33. The van der Waals surface area contributed by atoms with Crippen molar-refractivity contribution in [1.82, 2.24) is 30.2 Å². The Bertz CT molecular complexity index is 895. The van der Waals surface area contributed by atoms with Gasteiger partial charge in [-0.2, -0.15) is 5.26 Å². The number of rotatable bonds is 3. The van der Waals surface area contributed by atoms with Crippen molar-refractivity contribution < 1.29 is 0 Å². The third kappa shape index (κ3) is 3.41. The quantitative estimate of drug-likeness (QED) is 0.709. The van der Waals surface area contributed by atoms with Gasteiger partial charge in [-0.25, -0.2) is 0 Å². The van der Waals surface area contributed by atoms with E-state index in [-0.39, 0.29) is 0 Å². The molecule has 0 aliphatic carbocycles. The van der Waals surface area contributed by atoms with Crippen LogP contribution in [0.4, 0.5) is 5.82 Å². The molecule has 8 nitrogen and oxygen atoms in total. The highest BCUT2D eigenvalue weighted by Crippen LogP contribution is 2.15. The van der Waals surface area contributed by atoms with Crippen molar-refractivity contribution in [2.24, 2.45) is 0 Å². The predicted octanol–water partition coefficient (Wildman–Crippen LogP) is 1.10. The van der Waals surface area contributed by atoms with E-state index in [9.17, 15) is 0 Å². The van der Waals surface area contributed by atoms with Crippen molar-refractivity contribution in [3.8, 4) is 6.07 Å². The third-order valence-corrected chi connectivity index (χ3v) is 4.46. The number of fused-ring (bicyclic) bond motifs is 1. The number of tetrazole rings is 1. The standard InChI is InChI=1S/C17H18N8/c18-12-14-2-4-15(5-3-14)13-23-8-1-9-24(11-10-23)17-7-6-16-19-21-22-25(16)20-17/h2-7H,1,8-11,13H2. The van der Waals surface area contributed by atoms with E-state index in [1.807, 2.05) is 36.4 Å². The fraction of sp³-hybridized carbons (Fsp3) is 0.353. The zero-order valence-corrected chi connectivity index (χ0v) is 13.8. The Balaban J connectivity index is 1.41. The number of hydrogen-bond acceptors (Lipinski definition) is 7. The van der Waals surface area contributed by atoms with E-state index in [2.05, 4.69) is 36.5 Å². The largest absolute Gasteiger partial charge is 0.354 e. The van der Waals surface area contributed by atoms with E-state index < -0.39 is 0 Å². The number of benzene rings is 1. The minimum atomic E-state index is 0.654. The first kappa shape index (κ1) is 15.5. The molecule has 25 heavy (non-hydrogen) atoms. The van der Waals surface area contributed by atoms with Gasteiger partial charge in [0, 0.05) is 32.7 Å². The molecule has 4 rings (SSSR count). The highest BCUT2D eigenvalue weighted by molar-refractivity contribution is 5.44. The lowest BCUT2D eigenvalue weighted by Gasteiger charge is -2.22. The highest BCUT2D eigenvalue weighted by Gasteiger charge is 2.17. The molecule has 1 fully saturated rings. The maximum absolute atomic E-state index is 8.89. The molecule has 0 radical (unpaired) electrons. The van der Waals surface area contributed by atoms with Crippen LogP contribution in [0.15, 0.2) is 36.4 Å². The Hall–Kier alpha value is -3.05. The fourth-order valence-electron chi connectivity index (χ4n) is 3.11. The number of nitriles is 1. The molecule has 0 bridgehead atoms. The van der Waals surface area contributed by atoms with Crippen LogP contribution >= 0.6 is 0 Å². The van der Waals surface area contributed by atoms with Gasteiger partial charge in [-0.3, -0.25) is 4.90 Å². The third-order valence-electron chi connectivity index (χ3n) is 4.46. The molecule has 3 aromatic rings. The van der Waals surface area contributed by atoms with Crippen molar-refractivity contribution in [1.29, 1.82) is 5.26 Å². The van der Waals surface area contributed by atoms with Crippen LogP contribution in [0, 0.1) is 11.3 Å². The van der Waals surface area contributed by atoms with Crippen molar-refractivity contribution in [3.63, 3.8) is 0 Å². The van der Waals surface area contributed by atoms with Gasteiger partial charge in [-0.15, -0.1) is 14.8 Å². The first-order valence-electron chi connectivity index (χ1n) is 8.33. The van der Waals surface area contributed by atoms with Crippen molar-refractivity contribution in [2.75, 3.05) is 31.1 Å². The molecule has 0 atom stereocenters. The maximum atomic E-state index is 8.89. The van der Waals surface area contributed by atoms with Crippen LogP contribution in [0.1, 0.15) is 17.5 Å². The van der Waals surface area contributed by atoms with Gasteiger partial charge < -0.3 is 4.90 Å². The van der Waals surface area contributed by atoms with E-state index in [4.69, 9.17) is 5.26 Å². The summed E-state index contributed by atoms with van der Waals surface area (Å²) in [5, 5.41) is 24.8. The van der Waals surface area contributed by atoms with Crippen LogP contribution in [0.3, 0.4) is 0 Å². The van der Waals surface area contributed by atoms with E-state index in [1.54, 1.807) is 0 Å². The zero-order valence-electron chi connectivity index (χ0n) is 13.8. The van der Waals surface area contributed by atoms with Crippen LogP contribution in [0.5, 0.6) is 0 Å². The number of anilines is 1. The molecule has 0 N–H and O–H groups in total. The monoisotopic (exact) mass is 334 g/mol. The number of aromatic nitrogens is 5. The predicted molar refractivity (Wildman–Crippen MR) is 91.8 cm³/mol. The Morgan fingerprint density at radius 2 is 1.88 bits per heavy atom. The lowest BCUT2D eigenvalue weighted by molar-refractivity contribution is 0.285. The molecule has 0 spiro atoms. The highest BCUT2D eigenvalue weighted by atomic mass is 15.6. The van der Waals surface area contributed by atoms with E-state index >= 15 is 0 Å². The second kappa shape index (κ2) is 6.83. The number of nitrogens with zero attached hydrogens (tertiary/aromatic N) is 8. The van der Waals surface area contributed by atoms with Gasteiger partial charge in [-0.05, 0) is 46.7 Å². The van der Waals surface area contributed by atoms with Crippen LogP contribution in [0.2, 0.25) is 0 Å². The SMILES string of the molecule is N#Cc1ccc(CN2CCCN(c3ccc4nnnn4n3)CC2)cc1. The summed E-state index contributed by atoms with van der Waals surface area (Å²) in [5.41, 5.74) is 2.59. The molecule has 1 aliphatic rings. The molecule has 3 heterocycles. The summed E-state index contributed by atoms with van der Waals surface area (Å²) in [6.07, 6.45) is 1.08. The summed E-state index contributed by atoms with van der Waals surface area (Å²) >= 11 is 0. The summed E-state index contributed by atoms with van der Waals surface area (Å²) in [4.78, 5) is 4.72. The minimum absolute atomic E-state index is 0.654. The van der Waals surface area contributed by atoms with Crippen molar-refractivity contribution in [3.05, 3.63) is 47.5 Å². The molecule has 0 saturated carbocycles. The van der Waals surface area contributed by atoms with Gasteiger partial charge in [0.1, 0.15) is 0 Å². The van der Waals surface area contributed by atoms with Crippen molar-refractivity contribution >= 4 is 11.5 Å². The van der Waals surface area contributed by atoms with Gasteiger partial charge >= 0.3 is 0 Å². The van der Waals surface area contributed by atoms with E-state index in [0.29, 0.717) is 11.2 Å². The molecular formula is C17H18N8. The van der Waals surface area contributed by atoms with Gasteiger partial charge in [-0.1, -0.05) is 12.1 Å². The van der Waals surface area contributed by atoms with Gasteiger partial charge in [0.15, 0.2) is 11.5 Å². The summed E-state index contributed by atoms with van der Waals surface area (Å²) in [7, 11) is 0. The lowest BCUT2D eigenvalue weighted by Crippen LogP contribution is -2.31. The van der Waals surface area contributed by atoms with Crippen LogP contribution < -0.4 is 4.90 Å². The van der Waals surface area contributed by atoms with E-state index in [1.165, 1.54) is 10.2 Å². The molecule has 0 unspecified atom stereocenters. The smallest absolute Gasteiger partial charge is 0.200 e. The second-order valence-corrected chi connectivity index (χ2v) is 6.14. The average Bonchev–Trinajstić information content (AvgIpc) is 3.00. The van der Waals surface area contributed by atoms with Crippen molar-refractivity contribution in [2.45, 2.75) is 13.0 Å². The number of hydrogen-bond donors (Lipinski definition) is 0. The van der Waals surface area contributed by atoms with Gasteiger partial charge in [0.05, 0.1) is 11.6 Å². The maximum Gasteiger partial charge on any atom is 0.200 e. The van der Waals surface area contributed by atoms with Crippen LogP contribution in [0.25, 0.3) is 5.65 Å². The van der Waals surface area contributed by atoms with Gasteiger partial charge in [0.25, 0.3) is 0 Å². The summed E-state index contributed by atoms with van der Waals surface area (Å²) < 4.78 is 1.47. The Kier molecular flexibility index (Phi) is 4.23. The molecule has 0 amide bonds. The summed E-state index contributed by atoms with van der Waals surface area (Å²) in [6, 6.07) is 13.9. The Morgan fingerprint density at radius 1 is 1.00 bits per heavy atom. The molecule has 1 saturated heterocycles. The molecule has 8 heteroatoms. The average molecular weight is 334 g/mol. The zero-order chi connectivity index (χ0) is 17.1. The van der Waals surface area contributed by atoms with Crippen LogP contribution in [-0.4, -0.2) is 56.3 Å². The summed E-state index contributed by atoms with van der Waals surface area (Å²) in [6.45, 7) is 4.79. The normalized spacial score (nSPS) is 15.9. The molecule has 2 aromatic heterocycles. The second-order valence-electron chi connectivity index (χ2n) is 6.14. The molecule has 1 aromatic carbocycles. The van der Waals surface area contributed by atoms with Crippen LogP contribution in [-0.2, 0) is 6.54 Å².